The molecule has 3 atom stereocenters. The minimum Gasteiger partial charge on any atom is -2.00 e. The molecule has 1 amide bonds. The zero-order valence-electron chi connectivity index (χ0n) is 16.6. The van der Waals surface area contributed by atoms with E-state index in [0.29, 0.717) is 36.1 Å². The van der Waals surface area contributed by atoms with Gasteiger partial charge in [-0.25, -0.2) is 4.98 Å². The van der Waals surface area contributed by atoms with E-state index in [0.717, 1.165) is 10.8 Å². The molecule has 1 radical (unpaired) electrons. The minimum absolute atomic E-state index is 0. The van der Waals surface area contributed by atoms with Crippen LogP contribution in [0.5, 0.6) is 0 Å². The van der Waals surface area contributed by atoms with Crippen LogP contribution in [0, 0.1) is 0 Å². The monoisotopic (exact) mass is 501 g/mol. The second kappa shape index (κ2) is 12.5. The average Bonchev–Trinajstić information content (AvgIpc) is 3.29. The summed E-state index contributed by atoms with van der Waals surface area (Å²) in [5, 5.41) is 22.4. The van der Waals surface area contributed by atoms with Gasteiger partial charge in [-0.3, -0.25) is 4.79 Å². The number of amides is 1. The molecule has 0 bridgehead atoms. The smallest absolute Gasteiger partial charge is 2.00 e. The number of aliphatic hydroxyl groups excluding tert-OH is 1. The number of piperidine rings is 1. The van der Waals surface area contributed by atoms with Gasteiger partial charge in [0.15, 0.2) is 11.0 Å². The molecule has 2 aromatic heterocycles. The number of hydrogen-bond acceptors (Lipinski definition) is 8. The van der Waals surface area contributed by atoms with Crippen LogP contribution in [-0.2, 0) is 39.2 Å². The fourth-order valence-corrected chi connectivity index (χ4v) is 4.07. The molecule has 0 aliphatic carbocycles. The molecule has 1 fully saturated rings. The predicted molar refractivity (Wildman–Crippen MR) is 104 cm³/mol. The number of methoxy groups -OCH3 is 1. The van der Waals surface area contributed by atoms with Crippen LogP contribution in [0.1, 0.15) is 47.7 Å². The van der Waals surface area contributed by atoms with Crippen molar-refractivity contribution >= 4 is 34.0 Å². The number of ether oxygens (including phenoxy) is 1. The molecular weight excluding hydrogens is 479 g/mol. The number of anilines is 1. The molecule has 1 unspecified atom stereocenters. The van der Waals surface area contributed by atoms with Gasteiger partial charge in [-0.05, 0) is 19.8 Å². The van der Waals surface area contributed by atoms with Gasteiger partial charge in [0.1, 0.15) is 11.1 Å². The maximum Gasteiger partial charge on any atom is 4.00 e. The molecule has 14 heteroatoms. The summed E-state index contributed by atoms with van der Waals surface area (Å²) < 4.78 is 5.59. The zero-order valence-corrected chi connectivity index (χ0v) is 19.3. The molecule has 0 spiro atoms. The zero-order chi connectivity index (χ0) is 19.6. The quantitative estimate of drug-likeness (QED) is 0.500. The molecular formula is C16H23ClMnN6O5S. The number of halogens is 1. The van der Waals surface area contributed by atoms with Crippen LogP contribution < -0.4 is 10.2 Å². The molecule has 11 nitrogen and oxygen atoms in total. The van der Waals surface area contributed by atoms with Gasteiger partial charge in [-0.2, -0.15) is 0 Å². The number of rotatable bonds is 6. The number of carbonyl (C=O) groups is 1. The molecule has 1 aliphatic rings. The van der Waals surface area contributed by atoms with Gasteiger partial charge < -0.3 is 36.0 Å². The molecule has 30 heavy (non-hydrogen) atoms. The van der Waals surface area contributed by atoms with Crippen molar-refractivity contribution in [2.75, 3.05) is 25.1 Å². The van der Waals surface area contributed by atoms with Gasteiger partial charge in [-0.1, -0.05) is 29.9 Å². The third-order valence-electron chi connectivity index (χ3n) is 4.53. The topological polar surface area (TPSA) is 173 Å². The van der Waals surface area contributed by atoms with E-state index >= 15 is 0 Å². The molecule has 1 saturated heterocycles. The van der Waals surface area contributed by atoms with Crippen LogP contribution in [0.2, 0.25) is 5.15 Å². The molecule has 2 aromatic rings. The van der Waals surface area contributed by atoms with E-state index in [1.54, 1.807) is 14.0 Å². The fourth-order valence-electron chi connectivity index (χ4n) is 2.98. The number of nitrogens with one attached hydrogen (secondary N) is 2. The van der Waals surface area contributed by atoms with Crippen molar-refractivity contribution in [1.29, 1.82) is 0 Å². The third-order valence-corrected chi connectivity index (χ3v) is 6.00. The summed E-state index contributed by atoms with van der Waals surface area (Å²) in [6, 6.07) is -0.156. The van der Waals surface area contributed by atoms with E-state index < -0.39 is 6.10 Å². The first-order valence-electron chi connectivity index (χ1n) is 8.77. The Labute approximate surface area is 193 Å². The maximum atomic E-state index is 12.5. The molecule has 3 heterocycles. The number of imidazole rings is 1. The Morgan fingerprint density at radius 2 is 2.17 bits per heavy atom. The normalized spacial score (nSPS) is 19.2. The van der Waals surface area contributed by atoms with E-state index in [2.05, 4.69) is 30.4 Å². The van der Waals surface area contributed by atoms with Crippen molar-refractivity contribution in [1.82, 2.24) is 25.5 Å². The largest absolute Gasteiger partial charge is 4.00 e. The Hall–Kier alpha value is -1.31. The van der Waals surface area contributed by atoms with E-state index in [1.807, 2.05) is 6.92 Å². The first-order chi connectivity index (χ1) is 12.9. The van der Waals surface area contributed by atoms with Gasteiger partial charge in [0.05, 0.1) is 17.8 Å². The van der Waals surface area contributed by atoms with Crippen molar-refractivity contribution in [2.45, 2.75) is 44.9 Å². The Kier molecular flexibility index (Phi) is 12.0. The van der Waals surface area contributed by atoms with Gasteiger partial charge in [0, 0.05) is 20.2 Å². The number of aryl methyl sites for hydroxylation is 1. The SMILES string of the molecule is CCc1[nH]c(C(=O)N[C@@H]2CCN(c3nnc(C(C)O)s3)C[C@@H]2OC)nc1Cl.[Mn+4].[O-2].[O-2]. The van der Waals surface area contributed by atoms with Crippen LogP contribution in [0.3, 0.4) is 0 Å². The van der Waals surface area contributed by atoms with Crippen LogP contribution in [0.25, 0.3) is 0 Å². The van der Waals surface area contributed by atoms with Crippen molar-refractivity contribution in [3.05, 3.63) is 21.7 Å². The summed E-state index contributed by atoms with van der Waals surface area (Å²) in [5.74, 6) is -0.0933. The number of H-pyrrole nitrogens is 1. The molecule has 3 rings (SSSR count). The molecule has 3 N–H and O–H groups in total. The molecule has 1 aliphatic heterocycles. The second-order valence-electron chi connectivity index (χ2n) is 6.40. The first kappa shape index (κ1) is 28.7. The Morgan fingerprint density at radius 3 is 2.70 bits per heavy atom. The summed E-state index contributed by atoms with van der Waals surface area (Å²) in [5.41, 5.74) is 0.741. The summed E-state index contributed by atoms with van der Waals surface area (Å²) >= 11 is 7.38. The predicted octanol–water partition coefficient (Wildman–Crippen LogP) is 1.31. The molecule has 167 valence electrons. The Morgan fingerprint density at radius 1 is 1.47 bits per heavy atom. The van der Waals surface area contributed by atoms with Crippen molar-refractivity contribution in [3.63, 3.8) is 0 Å². The fraction of sp³-hybridized carbons (Fsp3) is 0.625. The Bertz CT molecular complexity index is 807. The van der Waals surface area contributed by atoms with Crippen LogP contribution in [0.4, 0.5) is 5.13 Å². The number of aromatic amines is 1. The van der Waals surface area contributed by atoms with E-state index in [1.165, 1.54) is 11.3 Å². The van der Waals surface area contributed by atoms with Gasteiger partial charge in [0.2, 0.25) is 5.13 Å². The van der Waals surface area contributed by atoms with Crippen LogP contribution in [-0.4, -0.2) is 63.5 Å². The molecule has 0 aromatic carbocycles. The van der Waals surface area contributed by atoms with Crippen molar-refractivity contribution in [2.24, 2.45) is 0 Å². The van der Waals surface area contributed by atoms with Crippen LogP contribution in [0.15, 0.2) is 0 Å². The van der Waals surface area contributed by atoms with Crippen molar-refractivity contribution in [3.8, 4) is 0 Å². The van der Waals surface area contributed by atoms with Crippen molar-refractivity contribution < 1.29 is 42.7 Å². The van der Waals surface area contributed by atoms with E-state index in [9.17, 15) is 9.90 Å². The van der Waals surface area contributed by atoms with Gasteiger partial charge in [0.25, 0.3) is 5.91 Å². The standard InChI is InChI=1S/C16H23ClN6O3S.Mn.2O/c1-4-9-12(17)20-13(18-9)14(25)19-10-5-6-23(7-11(10)26-3)16-22-21-15(27-16)8(2)24;;;/h8,10-11,24H,4-7H2,1-3H3,(H,18,20)(H,19,25);;;/q;+4;2*-2/t8?,10-,11+;;;/m1.../s1. The minimum atomic E-state index is -0.639. The number of nitrogens with zero attached hydrogens (tertiary/aromatic N) is 4. The molecule has 0 saturated carbocycles. The summed E-state index contributed by atoms with van der Waals surface area (Å²) in [4.78, 5) is 21.6. The average molecular weight is 502 g/mol. The Balaban J connectivity index is 0.00000280. The number of hydrogen-bond donors (Lipinski definition) is 3. The first-order valence-corrected chi connectivity index (χ1v) is 9.96. The van der Waals surface area contributed by atoms with E-state index in [-0.39, 0.29) is 51.9 Å². The summed E-state index contributed by atoms with van der Waals surface area (Å²) in [6.45, 7) is 4.86. The van der Waals surface area contributed by atoms with E-state index in [4.69, 9.17) is 16.3 Å². The second-order valence-corrected chi connectivity index (χ2v) is 7.74. The van der Waals surface area contributed by atoms with Gasteiger partial charge in [-0.15, -0.1) is 10.2 Å². The van der Waals surface area contributed by atoms with Crippen LogP contribution >= 0.6 is 22.9 Å². The number of aromatic nitrogens is 4. The maximum absolute atomic E-state index is 12.5. The summed E-state index contributed by atoms with van der Waals surface area (Å²) in [7, 11) is 1.62. The number of aliphatic hydroxyl groups is 1. The summed E-state index contributed by atoms with van der Waals surface area (Å²) in [6.07, 6.45) is 0.509. The van der Waals surface area contributed by atoms with Gasteiger partial charge >= 0.3 is 17.1 Å². The number of carbonyl (C=O) groups excluding carboxylic acids is 1. The third kappa shape index (κ3) is 6.34.